The highest BCUT2D eigenvalue weighted by molar-refractivity contribution is 7.13. The summed E-state index contributed by atoms with van der Waals surface area (Å²) in [6, 6.07) is 0.347. The maximum atomic E-state index is 12.1. The van der Waals surface area contributed by atoms with Crippen molar-refractivity contribution in [1.29, 1.82) is 0 Å². The van der Waals surface area contributed by atoms with Crippen molar-refractivity contribution in [2.24, 2.45) is 28.6 Å². The molecule has 3 N–H and O–H groups in total. The highest BCUT2D eigenvalue weighted by Crippen LogP contribution is 2.69. The zero-order valence-electron chi connectivity index (χ0n) is 18.9. The van der Waals surface area contributed by atoms with Crippen molar-refractivity contribution in [3.8, 4) is 0 Å². The van der Waals surface area contributed by atoms with Gasteiger partial charge in [-0.25, -0.2) is 4.98 Å². The van der Waals surface area contributed by atoms with Crippen LogP contribution in [0.1, 0.15) is 84.8 Å². The minimum atomic E-state index is -0.810. The summed E-state index contributed by atoms with van der Waals surface area (Å²) in [4.78, 5) is 4.85. The summed E-state index contributed by atoms with van der Waals surface area (Å²) < 4.78 is 0. The molecule has 0 radical (unpaired) electrons. The van der Waals surface area contributed by atoms with Crippen LogP contribution in [0.4, 0.5) is 5.13 Å². The predicted octanol–water partition coefficient (Wildman–Crippen LogP) is 5.47. The van der Waals surface area contributed by atoms with Crippen LogP contribution >= 0.6 is 11.3 Å². The molecule has 5 heteroatoms. The average Bonchev–Trinajstić information content (AvgIpc) is 3.25. The van der Waals surface area contributed by atoms with Gasteiger partial charge in [-0.3, -0.25) is 0 Å². The van der Waals surface area contributed by atoms with Gasteiger partial charge in [0, 0.05) is 16.8 Å². The normalized spacial score (nSPS) is 45.5. The zero-order valence-corrected chi connectivity index (χ0v) is 19.8. The molecule has 0 aromatic carbocycles. The third kappa shape index (κ3) is 2.87. The van der Waals surface area contributed by atoms with Gasteiger partial charge in [-0.1, -0.05) is 25.5 Å². The van der Waals surface area contributed by atoms with Crippen molar-refractivity contribution >= 4 is 16.5 Å². The molecule has 0 spiro atoms. The molecule has 4 nitrogen and oxygen atoms in total. The lowest BCUT2D eigenvalue weighted by Crippen LogP contribution is -2.54. The van der Waals surface area contributed by atoms with Crippen molar-refractivity contribution < 1.29 is 10.2 Å². The molecule has 1 heterocycles. The molecule has 4 aliphatic rings. The van der Waals surface area contributed by atoms with Gasteiger partial charge in [0.05, 0.1) is 11.8 Å². The Hall–Kier alpha value is -0.910. The minimum Gasteiger partial charge on any atom is -0.389 e. The molecule has 1 aromatic rings. The second-order valence-corrected chi connectivity index (χ2v) is 12.2. The summed E-state index contributed by atoms with van der Waals surface area (Å²) in [5, 5.41) is 28.7. The summed E-state index contributed by atoms with van der Waals surface area (Å²) in [6.07, 6.45) is 10.5. The SMILES string of the molecule is CC(C)Nc1nc([C@@]2(O)CC[C@H]3[C@@H]4CCC5=C[C@@H](O)CC[C@]5(C)[C@H]4CC[C@@]32C)cs1. The minimum absolute atomic E-state index is 0.0941. The van der Waals surface area contributed by atoms with Crippen molar-refractivity contribution in [3.05, 3.63) is 22.7 Å². The van der Waals surface area contributed by atoms with Gasteiger partial charge in [-0.2, -0.15) is 0 Å². The summed E-state index contributed by atoms with van der Waals surface area (Å²) in [7, 11) is 0. The number of allylic oxidation sites excluding steroid dienone is 1. The molecule has 7 atom stereocenters. The lowest BCUT2D eigenvalue weighted by Gasteiger charge is -2.59. The number of aromatic nitrogens is 1. The van der Waals surface area contributed by atoms with Crippen molar-refractivity contribution in [3.63, 3.8) is 0 Å². The summed E-state index contributed by atoms with van der Waals surface area (Å²) in [5.41, 5.74) is 1.75. The van der Waals surface area contributed by atoms with E-state index in [1.807, 2.05) is 0 Å². The molecule has 0 saturated heterocycles. The molecule has 1 aromatic heterocycles. The fraction of sp³-hybridized carbons (Fsp3) is 0.800. The molecule has 0 aliphatic heterocycles. The van der Waals surface area contributed by atoms with Crippen LogP contribution in [0.2, 0.25) is 0 Å². The van der Waals surface area contributed by atoms with Gasteiger partial charge in [-0.15, -0.1) is 11.3 Å². The second-order valence-electron chi connectivity index (χ2n) is 11.3. The number of thiazole rings is 1. The van der Waals surface area contributed by atoms with E-state index < -0.39 is 5.60 Å². The van der Waals surface area contributed by atoms with Crippen LogP contribution in [0.5, 0.6) is 0 Å². The number of aliphatic hydroxyl groups is 2. The fourth-order valence-electron chi connectivity index (χ4n) is 7.92. The van der Waals surface area contributed by atoms with Crippen LogP contribution < -0.4 is 5.32 Å². The van der Waals surface area contributed by atoms with E-state index in [1.54, 1.807) is 11.3 Å². The van der Waals surface area contributed by atoms with Crippen LogP contribution in [0.3, 0.4) is 0 Å². The van der Waals surface area contributed by atoms with Gasteiger partial charge < -0.3 is 15.5 Å². The molecule has 30 heavy (non-hydrogen) atoms. The molecular formula is C25H38N2O2S. The molecule has 0 unspecified atom stereocenters. The number of nitrogens with one attached hydrogen (secondary N) is 1. The largest absolute Gasteiger partial charge is 0.389 e. The fourth-order valence-corrected chi connectivity index (χ4v) is 8.85. The first-order chi connectivity index (χ1) is 14.2. The van der Waals surface area contributed by atoms with E-state index in [0.29, 0.717) is 23.8 Å². The van der Waals surface area contributed by atoms with E-state index in [0.717, 1.165) is 49.4 Å². The number of fused-ring (bicyclic) bond motifs is 5. The van der Waals surface area contributed by atoms with E-state index in [-0.39, 0.29) is 16.9 Å². The van der Waals surface area contributed by atoms with Crippen LogP contribution in [0.15, 0.2) is 17.0 Å². The summed E-state index contributed by atoms with van der Waals surface area (Å²) in [5.74, 6) is 1.94. The molecular weight excluding hydrogens is 392 g/mol. The lowest BCUT2D eigenvalue weighted by atomic mass is 9.46. The van der Waals surface area contributed by atoms with E-state index in [2.05, 4.69) is 44.5 Å². The standard InChI is InChI=1S/C25H38N2O2S/c1-15(2)26-22-27-21(14-30-22)25(29)12-9-20-18-6-5-16-13-17(28)7-10-23(16,3)19(18)8-11-24(20,25)4/h13-15,17-20,28-29H,5-12H2,1-4H3,(H,26,27)/t17-,18+,19-,20-,23-,24-,25-/m0/s1. The Bertz CT molecular complexity index is 850. The smallest absolute Gasteiger partial charge is 0.183 e. The van der Waals surface area contributed by atoms with Crippen molar-refractivity contribution in [2.75, 3.05) is 5.32 Å². The first-order valence-electron chi connectivity index (χ1n) is 12.0. The number of rotatable bonds is 3. The van der Waals surface area contributed by atoms with Crippen LogP contribution in [0.25, 0.3) is 0 Å². The maximum absolute atomic E-state index is 12.1. The molecule has 3 fully saturated rings. The van der Waals surface area contributed by atoms with E-state index in [9.17, 15) is 10.2 Å². The van der Waals surface area contributed by atoms with Crippen molar-refractivity contribution in [2.45, 2.75) is 96.8 Å². The average molecular weight is 431 g/mol. The highest BCUT2D eigenvalue weighted by atomic mass is 32.1. The van der Waals surface area contributed by atoms with Gasteiger partial charge in [0.2, 0.25) is 0 Å². The van der Waals surface area contributed by atoms with E-state index in [1.165, 1.54) is 18.4 Å². The Kier molecular flexibility index (Phi) is 4.92. The molecule has 0 bridgehead atoms. The first kappa shape index (κ1) is 21.0. The number of aliphatic hydroxyl groups excluding tert-OH is 1. The Labute approximate surface area is 185 Å². The van der Waals surface area contributed by atoms with Crippen molar-refractivity contribution in [1.82, 2.24) is 4.98 Å². The number of hydrogen-bond donors (Lipinski definition) is 3. The van der Waals surface area contributed by atoms with Crippen LogP contribution in [-0.2, 0) is 5.60 Å². The third-order valence-electron chi connectivity index (χ3n) is 9.58. The van der Waals surface area contributed by atoms with E-state index in [4.69, 9.17) is 4.98 Å². The second kappa shape index (κ2) is 7.05. The number of hydrogen-bond acceptors (Lipinski definition) is 5. The van der Waals surface area contributed by atoms with Gasteiger partial charge in [-0.05, 0) is 88.4 Å². The topological polar surface area (TPSA) is 65.4 Å². The number of nitrogens with zero attached hydrogens (tertiary/aromatic N) is 1. The monoisotopic (exact) mass is 430 g/mol. The van der Waals surface area contributed by atoms with Gasteiger partial charge >= 0.3 is 0 Å². The van der Waals surface area contributed by atoms with Crippen LogP contribution in [-0.4, -0.2) is 27.3 Å². The molecule has 4 aliphatic carbocycles. The summed E-state index contributed by atoms with van der Waals surface area (Å²) >= 11 is 1.63. The van der Waals surface area contributed by atoms with Gasteiger partial charge in [0.25, 0.3) is 0 Å². The number of anilines is 1. The quantitative estimate of drug-likeness (QED) is 0.556. The molecule has 0 amide bonds. The Morgan fingerprint density at radius 2 is 1.87 bits per heavy atom. The molecule has 5 rings (SSSR count). The molecule has 166 valence electrons. The first-order valence-corrected chi connectivity index (χ1v) is 12.9. The van der Waals surface area contributed by atoms with Gasteiger partial charge in [0.1, 0.15) is 5.60 Å². The van der Waals surface area contributed by atoms with Crippen LogP contribution in [0, 0.1) is 28.6 Å². The Balaban J connectivity index is 1.44. The zero-order chi connectivity index (χ0) is 21.3. The molecule has 3 saturated carbocycles. The Morgan fingerprint density at radius 1 is 1.10 bits per heavy atom. The Morgan fingerprint density at radius 3 is 2.63 bits per heavy atom. The van der Waals surface area contributed by atoms with Gasteiger partial charge in [0.15, 0.2) is 5.13 Å². The lowest BCUT2D eigenvalue weighted by molar-refractivity contribution is -0.134. The predicted molar refractivity (Wildman–Crippen MR) is 122 cm³/mol. The maximum Gasteiger partial charge on any atom is 0.183 e. The summed E-state index contributed by atoms with van der Waals surface area (Å²) in [6.45, 7) is 9.07. The van der Waals surface area contributed by atoms with E-state index >= 15 is 0 Å². The third-order valence-corrected chi connectivity index (χ3v) is 10.4. The highest BCUT2D eigenvalue weighted by Gasteiger charge is 2.65.